The van der Waals surface area contributed by atoms with Crippen molar-refractivity contribution in [1.82, 2.24) is 14.7 Å². The van der Waals surface area contributed by atoms with Gasteiger partial charge in [0.15, 0.2) is 0 Å². The van der Waals surface area contributed by atoms with Crippen molar-refractivity contribution in [2.75, 3.05) is 52.2 Å². The number of ether oxygens (including phenoxy) is 5. The Morgan fingerprint density at radius 1 is 0.932 bits per heavy atom. The number of methoxy groups -OCH3 is 1. The molecule has 0 unspecified atom stereocenters. The number of nitrogens with one attached hydrogen (secondary N) is 2. The second kappa shape index (κ2) is 13.6. The van der Waals surface area contributed by atoms with Gasteiger partial charge in [0.05, 0.1) is 33.5 Å². The highest BCUT2D eigenvalue weighted by molar-refractivity contribution is 7.90. The van der Waals surface area contributed by atoms with Crippen molar-refractivity contribution in [3.8, 4) is 5.88 Å². The number of carbonyl (C=O) groups is 1. The summed E-state index contributed by atoms with van der Waals surface area (Å²) in [6.45, 7) is 0.328. The molecule has 2 saturated heterocycles. The molecular formula is C23H27F2N5O10S4. The molecule has 5 heterocycles. The number of urea groups is 1. The third-order valence-corrected chi connectivity index (χ3v) is 10.1. The van der Waals surface area contributed by atoms with Crippen LogP contribution in [0.3, 0.4) is 0 Å². The maximum Gasteiger partial charge on any atom is 0.335 e. The van der Waals surface area contributed by atoms with Crippen molar-refractivity contribution in [3.05, 3.63) is 44.4 Å². The molecule has 5 rings (SSSR count). The molecule has 0 bridgehead atoms. The van der Waals surface area contributed by atoms with Crippen LogP contribution in [0, 0.1) is 6.92 Å². The minimum Gasteiger partial charge on any atom is -0.481 e. The summed E-state index contributed by atoms with van der Waals surface area (Å²) in [5.41, 5.74) is 0.636. The highest BCUT2D eigenvalue weighted by atomic mass is 32.2. The Kier molecular flexibility index (Phi) is 10.5. The second-order valence-electron chi connectivity index (χ2n) is 8.95. The lowest BCUT2D eigenvalue weighted by molar-refractivity contribution is -0.178. The third kappa shape index (κ3) is 7.32. The number of nitrogens with zero attached hydrogens (tertiary/aromatic N) is 2. The number of nitrogens with two attached hydrogens (primary N) is 1. The molecule has 242 valence electrons. The lowest BCUT2D eigenvalue weighted by Gasteiger charge is -2.24. The van der Waals surface area contributed by atoms with E-state index < -0.39 is 51.0 Å². The van der Waals surface area contributed by atoms with Gasteiger partial charge in [0.1, 0.15) is 23.1 Å². The summed E-state index contributed by atoms with van der Waals surface area (Å²) >= 11 is 2.12. The summed E-state index contributed by atoms with van der Waals surface area (Å²) in [6.07, 6.45) is 0. The molecule has 0 aromatic carbocycles. The van der Waals surface area contributed by atoms with Crippen LogP contribution in [0.2, 0.25) is 0 Å². The Morgan fingerprint density at radius 2 is 1.43 bits per heavy atom. The normalized spacial score (nSPS) is 17.5. The van der Waals surface area contributed by atoms with Crippen LogP contribution in [-0.2, 0) is 50.6 Å². The fourth-order valence-electron chi connectivity index (χ4n) is 4.08. The molecular weight excluding hydrogens is 673 g/mol. The first-order chi connectivity index (χ1) is 20.8. The molecule has 0 atom stereocenters. The number of halogens is 2. The highest BCUT2D eigenvalue weighted by Gasteiger charge is 2.44. The maximum atomic E-state index is 13.6. The quantitative estimate of drug-likeness (QED) is 0.294. The van der Waals surface area contributed by atoms with E-state index in [0.29, 0.717) is 5.69 Å². The Balaban J connectivity index is 0.000000233. The van der Waals surface area contributed by atoms with Gasteiger partial charge in [0, 0.05) is 44.4 Å². The number of aryl methyl sites for hydroxylation is 1. The largest absolute Gasteiger partial charge is 0.481 e. The fourth-order valence-corrected chi connectivity index (χ4v) is 8.56. The van der Waals surface area contributed by atoms with Gasteiger partial charge in [-0.25, -0.2) is 45.3 Å². The first-order valence-corrected chi connectivity index (χ1v) is 17.3. The molecule has 0 spiro atoms. The summed E-state index contributed by atoms with van der Waals surface area (Å²) < 4.78 is 102. The molecule has 44 heavy (non-hydrogen) atoms. The predicted octanol–water partition coefficient (Wildman–Crippen LogP) is 2.10. The minimum atomic E-state index is -4.34. The molecule has 2 aliphatic heterocycles. The number of carbonyl (C=O) groups excluding carboxylic acids is 1. The van der Waals surface area contributed by atoms with E-state index >= 15 is 0 Å². The highest BCUT2D eigenvalue weighted by Crippen LogP contribution is 2.39. The van der Waals surface area contributed by atoms with Gasteiger partial charge in [-0.05, 0) is 6.92 Å². The molecule has 15 nitrogen and oxygen atoms in total. The first kappa shape index (κ1) is 34.0. The average molecular weight is 700 g/mol. The van der Waals surface area contributed by atoms with Crippen LogP contribution in [0.15, 0.2) is 37.4 Å². The first-order valence-electron chi connectivity index (χ1n) is 12.4. The maximum absolute atomic E-state index is 13.6. The number of aromatic nitrogens is 2. The van der Waals surface area contributed by atoms with Crippen molar-refractivity contribution < 1.29 is 54.1 Å². The Bertz CT molecular complexity index is 1690. The van der Waals surface area contributed by atoms with E-state index in [1.54, 1.807) is 6.92 Å². The fraction of sp³-hybridized carbons (Fsp3) is 0.435. The van der Waals surface area contributed by atoms with E-state index in [-0.39, 0.29) is 59.2 Å². The van der Waals surface area contributed by atoms with E-state index in [0.717, 1.165) is 22.7 Å². The SMILES string of the molecule is COc1cc(C)nc(NC(=O)NS(=O)(=O)c2cscc2C2(CF)OCCO2)n1.NS(=O)(=O)c1cscc1C1(CF)OCCO1. The van der Waals surface area contributed by atoms with Crippen LogP contribution in [0.25, 0.3) is 0 Å². The van der Waals surface area contributed by atoms with Gasteiger partial charge in [0.2, 0.25) is 33.4 Å². The zero-order valence-corrected chi connectivity index (χ0v) is 26.3. The molecule has 2 aliphatic rings. The number of rotatable bonds is 9. The van der Waals surface area contributed by atoms with Crippen LogP contribution in [0.5, 0.6) is 5.88 Å². The summed E-state index contributed by atoms with van der Waals surface area (Å²) in [5, 5.41) is 12.7. The van der Waals surface area contributed by atoms with E-state index in [2.05, 4.69) is 15.3 Å². The van der Waals surface area contributed by atoms with Crippen LogP contribution in [-0.4, -0.2) is 79.7 Å². The zero-order valence-electron chi connectivity index (χ0n) is 23.1. The van der Waals surface area contributed by atoms with E-state index in [1.165, 1.54) is 34.7 Å². The standard InChI is InChI=1S/C15H17FN4O6S2.C8H10FNO4S2/c1-9-5-12(24-2)18-13(17-9)19-14(21)20-28(22,23)11-7-27-6-10(11)15(8-16)25-3-4-26-15;9-5-8(13-1-2-14-8)6-3-15-4-7(6)16(10,11)12/h5-7H,3-4,8H2,1-2H3,(H2,17,18,19,20,21);3-4H,1-2,5H2,(H2,10,11,12). The number of thiophene rings is 2. The number of primary sulfonamides is 1. The summed E-state index contributed by atoms with van der Waals surface area (Å²) in [6, 6.07) is 0.447. The van der Waals surface area contributed by atoms with Gasteiger partial charge in [-0.3, -0.25) is 5.32 Å². The average Bonchev–Trinajstić information content (AvgIpc) is 3.78. The van der Waals surface area contributed by atoms with Gasteiger partial charge in [-0.2, -0.15) is 27.7 Å². The van der Waals surface area contributed by atoms with E-state index in [1.807, 2.05) is 4.72 Å². The van der Waals surface area contributed by atoms with Crippen LogP contribution in [0.1, 0.15) is 16.8 Å². The Morgan fingerprint density at radius 3 is 1.91 bits per heavy atom. The van der Waals surface area contributed by atoms with Gasteiger partial charge >= 0.3 is 6.03 Å². The lowest BCUT2D eigenvalue weighted by Crippen LogP contribution is -2.37. The van der Waals surface area contributed by atoms with Crippen molar-refractivity contribution in [2.24, 2.45) is 5.14 Å². The molecule has 2 amide bonds. The molecule has 3 aromatic rings. The molecule has 0 saturated carbocycles. The number of hydrogen-bond acceptors (Lipinski definition) is 14. The Hall–Kier alpha value is -2.89. The van der Waals surface area contributed by atoms with Crippen molar-refractivity contribution in [3.63, 3.8) is 0 Å². The predicted molar refractivity (Wildman–Crippen MR) is 152 cm³/mol. The van der Waals surface area contributed by atoms with E-state index in [9.17, 15) is 30.4 Å². The van der Waals surface area contributed by atoms with Gasteiger partial charge < -0.3 is 23.7 Å². The molecule has 3 aromatic heterocycles. The number of sulfonamides is 2. The van der Waals surface area contributed by atoms with Crippen LogP contribution < -0.4 is 19.9 Å². The minimum absolute atomic E-state index is 0.00808. The van der Waals surface area contributed by atoms with Crippen molar-refractivity contribution in [2.45, 2.75) is 28.3 Å². The van der Waals surface area contributed by atoms with Crippen LogP contribution in [0.4, 0.5) is 19.5 Å². The number of anilines is 1. The number of amides is 2. The van der Waals surface area contributed by atoms with Gasteiger partial charge in [-0.1, -0.05) is 0 Å². The van der Waals surface area contributed by atoms with Gasteiger partial charge in [0.25, 0.3) is 10.0 Å². The third-order valence-electron chi connectivity index (χ3n) is 6.02. The number of hydrogen-bond donors (Lipinski definition) is 3. The summed E-state index contributed by atoms with van der Waals surface area (Å²) in [4.78, 5) is 19.6. The monoisotopic (exact) mass is 699 g/mol. The van der Waals surface area contributed by atoms with E-state index in [4.69, 9.17) is 28.8 Å². The zero-order chi connectivity index (χ0) is 32.2. The smallest absolute Gasteiger partial charge is 0.335 e. The lowest BCUT2D eigenvalue weighted by atomic mass is 10.1. The molecule has 0 aliphatic carbocycles. The second-order valence-corrected chi connectivity index (χ2v) is 13.6. The number of alkyl halides is 2. The Labute approximate surface area is 258 Å². The molecule has 0 radical (unpaired) electrons. The summed E-state index contributed by atoms with van der Waals surface area (Å²) in [5.74, 6) is -3.35. The molecule has 21 heteroatoms. The van der Waals surface area contributed by atoms with Crippen LogP contribution >= 0.6 is 22.7 Å². The van der Waals surface area contributed by atoms with Crippen molar-refractivity contribution >= 4 is 54.7 Å². The molecule has 2 fully saturated rings. The van der Waals surface area contributed by atoms with Gasteiger partial charge in [-0.15, -0.1) is 0 Å². The topological polar surface area (TPSA) is 207 Å². The van der Waals surface area contributed by atoms with Crippen molar-refractivity contribution in [1.29, 1.82) is 0 Å². The molecule has 4 N–H and O–H groups in total. The summed E-state index contributed by atoms with van der Waals surface area (Å²) in [7, 11) is -6.84.